The van der Waals surface area contributed by atoms with Gasteiger partial charge in [-0.15, -0.1) is 0 Å². The van der Waals surface area contributed by atoms with Crippen LogP contribution in [0.5, 0.6) is 0 Å². The van der Waals surface area contributed by atoms with Crippen LogP contribution in [0.4, 0.5) is 0 Å². The molecule has 2 atom stereocenters. The molecule has 4 nitrogen and oxygen atoms in total. The zero-order chi connectivity index (χ0) is 9.80. The molecular weight excluding hydrogens is 180 g/mol. The van der Waals surface area contributed by atoms with Gasteiger partial charge in [0.05, 0.1) is 12.7 Å². The molecule has 0 aromatic heterocycles. The lowest BCUT2D eigenvalue weighted by molar-refractivity contribution is -0.0846. The van der Waals surface area contributed by atoms with Crippen molar-refractivity contribution < 1.29 is 9.47 Å². The first-order valence-electron chi connectivity index (χ1n) is 5.47. The maximum absolute atomic E-state index is 5.47. The zero-order valence-corrected chi connectivity index (χ0v) is 8.87. The van der Waals surface area contributed by atoms with Gasteiger partial charge in [0.1, 0.15) is 0 Å². The van der Waals surface area contributed by atoms with Crippen LogP contribution in [0.2, 0.25) is 0 Å². The number of nitrogens with one attached hydrogen (secondary N) is 1. The van der Waals surface area contributed by atoms with E-state index >= 15 is 0 Å². The first-order chi connectivity index (χ1) is 6.92. The molecule has 2 heterocycles. The van der Waals surface area contributed by atoms with Crippen LogP contribution >= 0.6 is 0 Å². The minimum atomic E-state index is 0.266. The maximum Gasteiger partial charge on any atom is 0.0960 e. The van der Waals surface area contributed by atoms with E-state index in [9.17, 15) is 0 Å². The van der Waals surface area contributed by atoms with Crippen LogP contribution in [0.3, 0.4) is 0 Å². The fraction of sp³-hybridized carbons (Fsp3) is 1.00. The van der Waals surface area contributed by atoms with Crippen molar-refractivity contribution >= 4 is 0 Å². The average molecular weight is 200 g/mol. The van der Waals surface area contributed by atoms with Gasteiger partial charge in [-0.2, -0.15) is 0 Å². The van der Waals surface area contributed by atoms with Crippen LogP contribution in [-0.4, -0.2) is 63.5 Å². The van der Waals surface area contributed by atoms with Crippen molar-refractivity contribution in [2.45, 2.75) is 18.6 Å². The normalized spacial score (nSPS) is 35.8. The molecule has 2 aliphatic rings. The van der Waals surface area contributed by atoms with E-state index < -0.39 is 0 Å². The molecule has 0 aromatic rings. The Balaban J connectivity index is 1.91. The second kappa shape index (κ2) is 5.07. The Morgan fingerprint density at radius 3 is 2.86 bits per heavy atom. The number of piperazine rings is 1. The van der Waals surface area contributed by atoms with E-state index in [1.165, 1.54) is 0 Å². The number of hydrogen-bond donors (Lipinski definition) is 1. The van der Waals surface area contributed by atoms with Crippen LogP contribution in [0.25, 0.3) is 0 Å². The molecule has 0 bridgehead atoms. The third-order valence-corrected chi connectivity index (χ3v) is 3.19. The summed E-state index contributed by atoms with van der Waals surface area (Å²) in [5.74, 6) is 0. The van der Waals surface area contributed by atoms with Gasteiger partial charge in [-0.25, -0.2) is 0 Å². The Morgan fingerprint density at radius 2 is 2.14 bits per heavy atom. The zero-order valence-electron chi connectivity index (χ0n) is 8.87. The summed E-state index contributed by atoms with van der Waals surface area (Å²) in [5, 5.41) is 3.37. The lowest BCUT2D eigenvalue weighted by Crippen LogP contribution is -2.55. The highest BCUT2D eigenvalue weighted by Gasteiger charge is 2.31. The van der Waals surface area contributed by atoms with E-state index in [-0.39, 0.29) is 6.10 Å². The summed E-state index contributed by atoms with van der Waals surface area (Å²) in [5.41, 5.74) is 0. The van der Waals surface area contributed by atoms with Gasteiger partial charge in [-0.05, 0) is 6.42 Å². The molecule has 14 heavy (non-hydrogen) atoms. The van der Waals surface area contributed by atoms with E-state index in [0.29, 0.717) is 6.04 Å². The van der Waals surface area contributed by atoms with Gasteiger partial charge in [0.25, 0.3) is 0 Å². The van der Waals surface area contributed by atoms with Crippen LogP contribution < -0.4 is 5.32 Å². The predicted octanol–water partition coefficient (Wildman–Crippen LogP) is -0.304. The van der Waals surface area contributed by atoms with Crippen molar-refractivity contribution in [1.82, 2.24) is 10.2 Å². The molecule has 1 N–H and O–H groups in total. The van der Waals surface area contributed by atoms with Crippen LogP contribution in [0.1, 0.15) is 6.42 Å². The Labute approximate surface area is 85.5 Å². The summed E-state index contributed by atoms with van der Waals surface area (Å²) in [6.45, 7) is 6.14. The van der Waals surface area contributed by atoms with E-state index in [1.807, 2.05) is 0 Å². The summed E-state index contributed by atoms with van der Waals surface area (Å²) in [4.78, 5) is 2.53. The summed E-state index contributed by atoms with van der Waals surface area (Å²) in [6.07, 6.45) is 1.38. The van der Waals surface area contributed by atoms with Crippen molar-refractivity contribution in [3.05, 3.63) is 0 Å². The molecule has 0 spiro atoms. The summed E-state index contributed by atoms with van der Waals surface area (Å²) in [6, 6.07) is 0.566. The number of ether oxygens (including phenoxy) is 2. The standard InChI is InChI=1S/C10H20N2O2/c1-13-10-8-14-7-2-9(10)12-5-3-11-4-6-12/h9-11H,2-8H2,1H3/t9-,10-/m1/s1. The lowest BCUT2D eigenvalue weighted by atomic mass is 10.0. The van der Waals surface area contributed by atoms with Gasteiger partial charge in [-0.1, -0.05) is 0 Å². The highest BCUT2D eigenvalue weighted by atomic mass is 16.5. The molecule has 2 saturated heterocycles. The highest BCUT2D eigenvalue weighted by Crippen LogP contribution is 2.17. The number of hydrogen-bond acceptors (Lipinski definition) is 4. The lowest BCUT2D eigenvalue weighted by Gasteiger charge is -2.40. The molecule has 0 aromatic carbocycles. The number of rotatable bonds is 2. The van der Waals surface area contributed by atoms with Crippen LogP contribution in [-0.2, 0) is 9.47 Å². The topological polar surface area (TPSA) is 33.7 Å². The summed E-state index contributed by atoms with van der Waals surface area (Å²) in [7, 11) is 1.79. The fourth-order valence-corrected chi connectivity index (χ4v) is 2.36. The maximum atomic E-state index is 5.47. The van der Waals surface area contributed by atoms with Gasteiger partial charge in [-0.3, -0.25) is 4.90 Å². The fourth-order valence-electron chi connectivity index (χ4n) is 2.36. The van der Waals surface area contributed by atoms with Crippen molar-refractivity contribution in [3.63, 3.8) is 0 Å². The third kappa shape index (κ3) is 2.25. The Bertz CT molecular complexity index is 172. The predicted molar refractivity (Wildman–Crippen MR) is 54.5 cm³/mol. The van der Waals surface area contributed by atoms with Crippen molar-refractivity contribution in [2.75, 3.05) is 46.5 Å². The minimum absolute atomic E-state index is 0.266. The monoisotopic (exact) mass is 200 g/mol. The number of methoxy groups -OCH3 is 1. The van der Waals surface area contributed by atoms with Crippen LogP contribution in [0.15, 0.2) is 0 Å². The van der Waals surface area contributed by atoms with Crippen molar-refractivity contribution in [3.8, 4) is 0 Å². The molecule has 2 aliphatic heterocycles. The molecule has 4 heteroatoms. The molecule has 82 valence electrons. The van der Waals surface area contributed by atoms with E-state index in [0.717, 1.165) is 45.8 Å². The molecule has 0 radical (unpaired) electrons. The molecule has 0 saturated carbocycles. The highest BCUT2D eigenvalue weighted by molar-refractivity contribution is 4.85. The summed E-state index contributed by atoms with van der Waals surface area (Å²) < 4.78 is 10.9. The Hall–Kier alpha value is -0.160. The first-order valence-corrected chi connectivity index (χ1v) is 5.47. The van der Waals surface area contributed by atoms with Gasteiger partial charge < -0.3 is 14.8 Å². The molecule has 2 fully saturated rings. The molecule has 0 unspecified atom stereocenters. The van der Waals surface area contributed by atoms with E-state index in [1.54, 1.807) is 7.11 Å². The van der Waals surface area contributed by atoms with Gasteiger partial charge in [0, 0.05) is 45.9 Å². The summed E-state index contributed by atoms with van der Waals surface area (Å²) >= 11 is 0. The second-order valence-electron chi connectivity index (χ2n) is 3.99. The molecule has 0 amide bonds. The SMILES string of the molecule is CO[C@@H]1COCC[C@H]1N1CCNCC1. The molecule has 2 rings (SSSR count). The first kappa shape index (κ1) is 10.4. The van der Waals surface area contributed by atoms with Crippen molar-refractivity contribution in [1.29, 1.82) is 0 Å². The Kier molecular flexibility index (Phi) is 3.75. The second-order valence-corrected chi connectivity index (χ2v) is 3.99. The minimum Gasteiger partial charge on any atom is -0.379 e. The Morgan fingerprint density at radius 1 is 1.36 bits per heavy atom. The smallest absolute Gasteiger partial charge is 0.0960 e. The molecular formula is C10H20N2O2. The van der Waals surface area contributed by atoms with Gasteiger partial charge in [0.2, 0.25) is 0 Å². The van der Waals surface area contributed by atoms with Crippen LogP contribution in [0, 0.1) is 0 Å². The average Bonchev–Trinajstić information content (AvgIpc) is 2.30. The third-order valence-electron chi connectivity index (χ3n) is 3.19. The molecule has 0 aliphatic carbocycles. The van der Waals surface area contributed by atoms with E-state index in [2.05, 4.69) is 10.2 Å². The van der Waals surface area contributed by atoms with Gasteiger partial charge >= 0.3 is 0 Å². The number of nitrogens with zero attached hydrogens (tertiary/aromatic N) is 1. The van der Waals surface area contributed by atoms with Crippen molar-refractivity contribution in [2.24, 2.45) is 0 Å². The quantitative estimate of drug-likeness (QED) is 0.663. The largest absolute Gasteiger partial charge is 0.379 e. The van der Waals surface area contributed by atoms with E-state index in [4.69, 9.17) is 9.47 Å². The van der Waals surface area contributed by atoms with Gasteiger partial charge in [0.15, 0.2) is 0 Å².